The zero-order valence-corrected chi connectivity index (χ0v) is 10.2. The molecule has 1 fully saturated rings. The van der Waals surface area contributed by atoms with Crippen LogP contribution in [0.25, 0.3) is 0 Å². The summed E-state index contributed by atoms with van der Waals surface area (Å²) in [6, 6.07) is 7.04. The first-order valence-electron chi connectivity index (χ1n) is 6.08. The summed E-state index contributed by atoms with van der Waals surface area (Å²) in [6.45, 7) is 1.26. The number of hydrogen-bond acceptors (Lipinski definition) is 3. The maximum absolute atomic E-state index is 11.7. The average molecular weight is 247 g/mol. The monoisotopic (exact) mass is 247 g/mol. The van der Waals surface area contributed by atoms with Gasteiger partial charge >= 0.3 is 0 Å². The van der Waals surface area contributed by atoms with Crippen LogP contribution in [0.3, 0.4) is 0 Å². The van der Waals surface area contributed by atoms with Gasteiger partial charge in [0.1, 0.15) is 0 Å². The number of rotatable bonds is 4. The molecule has 2 amide bonds. The summed E-state index contributed by atoms with van der Waals surface area (Å²) in [4.78, 5) is 24.8. The zero-order valence-electron chi connectivity index (χ0n) is 10.2. The first-order valence-corrected chi connectivity index (χ1v) is 6.08. The molecule has 2 rings (SSSR count). The lowest BCUT2D eigenvalue weighted by atomic mass is 10.2. The molecule has 1 aliphatic heterocycles. The van der Waals surface area contributed by atoms with E-state index < -0.39 is 0 Å². The van der Waals surface area contributed by atoms with Gasteiger partial charge in [0.05, 0.1) is 0 Å². The lowest BCUT2D eigenvalue weighted by Gasteiger charge is -2.14. The highest BCUT2D eigenvalue weighted by Gasteiger charge is 2.20. The van der Waals surface area contributed by atoms with Crippen LogP contribution in [-0.2, 0) is 9.59 Å². The number of amides is 2. The lowest BCUT2D eigenvalue weighted by molar-refractivity contribution is -0.128. The summed E-state index contributed by atoms with van der Waals surface area (Å²) >= 11 is 0. The number of carbonyl (C=O) groups is 2. The maximum atomic E-state index is 11.7. The maximum Gasteiger partial charge on any atom is 0.226 e. The molecule has 0 aliphatic carbocycles. The molecule has 1 aromatic carbocycles. The molecule has 0 unspecified atom stereocenters. The molecule has 5 nitrogen and oxygen atoms in total. The van der Waals surface area contributed by atoms with E-state index in [2.05, 4.69) is 5.32 Å². The molecule has 96 valence electrons. The Morgan fingerprint density at radius 1 is 1.44 bits per heavy atom. The van der Waals surface area contributed by atoms with Gasteiger partial charge in [-0.15, -0.1) is 0 Å². The number of nitrogens with one attached hydrogen (secondary N) is 1. The van der Waals surface area contributed by atoms with E-state index in [-0.39, 0.29) is 11.8 Å². The van der Waals surface area contributed by atoms with Crippen LogP contribution in [-0.4, -0.2) is 29.8 Å². The minimum Gasteiger partial charge on any atom is -0.399 e. The number of nitrogen functional groups attached to an aromatic ring is 1. The molecule has 1 aromatic rings. The summed E-state index contributed by atoms with van der Waals surface area (Å²) in [5.41, 5.74) is 6.92. The Balaban J connectivity index is 1.80. The molecule has 0 atom stereocenters. The van der Waals surface area contributed by atoms with Gasteiger partial charge in [-0.1, -0.05) is 6.07 Å². The number of nitrogens with zero attached hydrogens (tertiary/aromatic N) is 1. The predicted octanol–water partition coefficient (Wildman–Crippen LogP) is 1.22. The molecule has 18 heavy (non-hydrogen) atoms. The molecule has 1 heterocycles. The van der Waals surface area contributed by atoms with Gasteiger partial charge in [0, 0.05) is 37.3 Å². The number of nitrogens with two attached hydrogens (primary N) is 1. The molecule has 0 bridgehead atoms. The molecule has 3 N–H and O–H groups in total. The van der Waals surface area contributed by atoms with Crippen molar-refractivity contribution in [1.82, 2.24) is 4.90 Å². The third kappa shape index (κ3) is 3.23. The van der Waals surface area contributed by atoms with E-state index in [0.29, 0.717) is 30.8 Å². The molecule has 5 heteroatoms. The Morgan fingerprint density at radius 3 is 2.94 bits per heavy atom. The third-order valence-corrected chi connectivity index (χ3v) is 2.95. The quantitative estimate of drug-likeness (QED) is 0.785. The predicted molar refractivity (Wildman–Crippen MR) is 69.9 cm³/mol. The highest BCUT2D eigenvalue weighted by Crippen LogP contribution is 2.13. The van der Waals surface area contributed by atoms with E-state index in [1.54, 1.807) is 29.2 Å². The van der Waals surface area contributed by atoms with Gasteiger partial charge in [0.25, 0.3) is 0 Å². The Kier molecular flexibility index (Phi) is 3.82. The number of anilines is 2. The van der Waals surface area contributed by atoms with Gasteiger partial charge < -0.3 is 16.0 Å². The summed E-state index contributed by atoms with van der Waals surface area (Å²) in [7, 11) is 0. The van der Waals surface area contributed by atoms with Crippen LogP contribution in [0.2, 0.25) is 0 Å². The van der Waals surface area contributed by atoms with Crippen LogP contribution in [0, 0.1) is 0 Å². The molecule has 0 radical (unpaired) electrons. The van der Waals surface area contributed by atoms with Gasteiger partial charge in [-0.25, -0.2) is 0 Å². The van der Waals surface area contributed by atoms with E-state index >= 15 is 0 Å². The molecule has 1 aliphatic rings. The first kappa shape index (κ1) is 12.4. The SMILES string of the molecule is Nc1cccc(NC(=O)CCN2CCCC2=O)c1. The summed E-state index contributed by atoms with van der Waals surface area (Å²) in [6.07, 6.45) is 1.83. The van der Waals surface area contributed by atoms with Gasteiger partial charge in [-0.2, -0.15) is 0 Å². The normalized spacial score (nSPS) is 14.9. The standard InChI is InChI=1S/C13H17N3O2/c14-10-3-1-4-11(9-10)15-12(17)6-8-16-7-2-5-13(16)18/h1,3-4,9H,2,5-8,14H2,(H,15,17). The minimum atomic E-state index is -0.0969. The van der Waals surface area contributed by atoms with Crippen molar-refractivity contribution in [2.45, 2.75) is 19.3 Å². The number of carbonyl (C=O) groups excluding carboxylic acids is 2. The van der Waals surface area contributed by atoms with Crippen molar-refractivity contribution in [3.63, 3.8) is 0 Å². The van der Waals surface area contributed by atoms with Crippen LogP contribution in [0.5, 0.6) is 0 Å². The van der Waals surface area contributed by atoms with Gasteiger partial charge in [0.15, 0.2) is 0 Å². The fourth-order valence-electron chi connectivity index (χ4n) is 2.02. The van der Waals surface area contributed by atoms with Crippen molar-refractivity contribution in [2.75, 3.05) is 24.1 Å². The van der Waals surface area contributed by atoms with Crippen LogP contribution in [0.4, 0.5) is 11.4 Å². The lowest BCUT2D eigenvalue weighted by Crippen LogP contribution is -2.28. The number of likely N-dealkylation sites (tertiary alicyclic amines) is 1. The average Bonchev–Trinajstić information content (AvgIpc) is 2.72. The van der Waals surface area contributed by atoms with E-state index in [1.165, 1.54) is 0 Å². The minimum absolute atomic E-state index is 0.0969. The van der Waals surface area contributed by atoms with Crippen molar-refractivity contribution < 1.29 is 9.59 Å². The Morgan fingerprint density at radius 2 is 2.28 bits per heavy atom. The molecule has 1 saturated heterocycles. The topological polar surface area (TPSA) is 75.4 Å². The van der Waals surface area contributed by atoms with E-state index in [1.807, 2.05) is 0 Å². The summed E-state index contributed by atoms with van der Waals surface area (Å²) < 4.78 is 0. The number of hydrogen-bond donors (Lipinski definition) is 2. The second-order valence-corrected chi connectivity index (χ2v) is 4.41. The van der Waals surface area contributed by atoms with Gasteiger partial charge in [0.2, 0.25) is 11.8 Å². The molecule has 0 spiro atoms. The largest absolute Gasteiger partial charge is 0.399 e. The Labute approximate surface area is 106 Å². The van der Waals surface area contributed by atoms with Crippen LogP contribution in [0.1, 0.15) is 19.3 Å². The van der Waals surface area contributed by atoms with Crippen molar-refractivity contribution in [1.29, 1.82) is 0 Å². The van der Waals surface area contributed by atoms with Crippen molar-refractivity contribution >= 4 is 23.2 Å². The second-order valence-electron chi connectivity index (χ2n) is 4.41. The molecule has 0 saturated carbocycles. The van der Waals surface area contributed by atoms with E-state index in [9.17, 15) is 9.59 Å². The van der Waals surface area contributed by atoms with Crippen molar-refractivity contribution in [3.8, 4) is 0 Å². The Bertz CT molecular complexity index is 459. The summed E-state index contributed by atoms with van der Waals surface area (Å²) in [5, 5.41) is 2.76. The highest BCUT2D eigenvalue weighted by molar-refractivity contribution is 5.91. The Hall–Kier alpha value is -2.04. The highest BCUT2D eigenvalue weighted by atomic mass is 16.2. The fourth-order valence-corrected chi connectivity index (χ4v) is 2.02. The van der Waals surface area contributed by atoms with Crippen LogP contribution in [0.15, 0.2) is 24.3 Å². The summed E-state index contributed by atoms with van der Waals surface area (Å²) in [5.74, 6) is 0.0482. The van der Waals surface area contributed by atoms with Crippen molar-refractivity contribution in [3.05, 3.63) is 24.3 Å². The molecule has 0 aromatic heterocycles. The fraction of sp³-hybridized carbons (Fsp3) is 0.385. The van der Waals surface area contributed by atoms with Crippen molar-refractivity contribution in [2.24, 2.45) is 0 Å². The smallest absolute Gasteiger partial charge is 0.226 e. The first-order chi connectivity index (χ1) is 8.65. The van der Waals surface area contributed by atoms with E-state index in [0.717, 1.165) is 13.0 Å². The molecular weight excluding hydrogens is 230 g/mol. The zero-order chi connectivity index (χ0) is 13.0. The third-order valence-electron chi connectivity index (χ3n) is 2.95. The van der Waals surface area contributed by atoms with Gasteiger partial charge in [-0.3, -0.25) is 9.59 Å². The second kappa shape index (κ2) is 5.53. The molecular formula is C13H17N3O2. The van der Waals surface area contributed by atoms with Gasteiger partial charge in [-0.05, 0) is 24.6 Å². The van der Waals surface area contributed by atoms with E-state index in [4.69, 9.17) is 5.73 Å². The number of benzene rings is 1. The van der Waals surface area contributed by atoms with Crippen LogP contribution < -0.4 is 11.1 Å². The van der Waals surface area contributed by atoms with Crippen LogP contribution >= 0.6 is 0 Å².